The van der Waals surface area contributed by atoms with Gasteiger partial charge in [0.1, 0.15) is 5.69 Å². The Morgan fingerprint density at radius 1 is 1.53 bits per heavy atom. The van der Waals surface area contributed by atoms with Gasteiger partial charge in [0.05, 0.1) is 5.92 Å². The number of hydrogen-bond donors (Lipinski definition) is 1. The van der Waals surface area contributed by atoms with Crippen LogP contribution in [0.3, 0.4) is 0 Å². The molecule has 1 heterocycles. The van der Waals surface area contributed by atoms with E-state index in [1.54, 1.807) is 38.0 Å². The Morgan fingerprint density at radius 3 is 2.79 bits per heavy atom. The van der Waals surface area contributed by atoms with Gasteiger partial charge in [-0.15, -0.1) is 11.8 Å². The number of carbonyl (C=O) groups excluding carboxylic acids is 1. The lowest BCUT2D eigenvalue weighted by atomic mass is 10.1. The van der Waals surface area contributed by atoms with E-state index in [0.717, 1.165) is 10.6 Å². The average molecular weight is 282 g/mol. The van der Waals surface area contributed by atoms with Crippen molar-refractivity contribution in [2.24, 2.45) is 5.92 Å². The Bertz CT molecular complexity index is 465. The molecule has 1 N–H and O–H groups in total. The first-order valence-electron chi connectivity index (χ1n) is 6.03. The van der Waals surface area contributed by atoms with Crippen molar-refractivity contribution >= 4 is 23.6 Å². The van der Waals surface area contributed by atoms with Gasteiger partial charge in [-0.1, -0.05) is 13.8 Å². The molecule has 1 amide bonds. The van der Waals surface area contributed by atoms with E-state index in [9.17, 15) is 9.59 Å². The number of carbonyl (C=O) groups is 2. The number of pyridine rings is 1. The molecule has 0 radical (unpaired) electrons. The van der Waals surface area contributed by atoms with Crippen LogP contribution >= 0.6 is 11.8 Å². The quantitative estimate of drug-likeness (QED) is 0.808. The van der Waals surface area contributed by atoms with Gasteiger partial charge < -0.3 is 10.0 Å². The molecule has 1 aromatic rings. The lowest BCUT2D eigenvalue weighted by molar-refractivity contribution is -0.141. The lowest BCUT2D eigenvalue weighted by Crippen LogP contribution is -2.34. The fourth-order valence-corrected chi connectivity index (χ4v) is 2.34. The minimum absolute atomic E-state index is 0.168. The Hall–Kier alpha value is -1.56. The van der Waals surface area contributed by atoms with Crippen LogP contribution in [0.25, 0.3) is 0 Å². The maximum absolute atomic E-state index is 12.3. The molecule has 0 bridgehead atoms. The van der Waals surface area contributed by atoms with Crippen LogP contribution in [0.4, 0.5) is 0 Å². The second-order valence-corrected chi connectivity index (χ2v) is 5.51. The highest BCUT2D eigenvalue weighted by Gasteiger charge is 2.21. The fraction of sp³-hybridized carbons (Fsp3) is 0.462. The number of carboxylic acids is 1. The number of nitrogens with zero attached hydrogens (tertiary/aromatic N) is 2. The van der Waals surface area contributed by atoms with Gasteiger partial charge in [0.15, 0.2) is 0 Å². The SMILES string of the molecule is CCSc1cccnc1C(=O)N(C)CC(C)C(=O)O. The molecule has 1 atom stereocenters. The highest BCUT2D eigenvalue weighted by Crippen LogP contribution is 2.21. The van der Waals surface area contributed by atoms with Crippen LogP contribution in [0.15, 0.2) is 23.2 Å². The van der Waals surface area contributed by atoms with Crippen molar-refractivity contribution in [2.75, 3.05) is 19.3 Å². The minimum Gasteiger partial charge on any atom is -0.481 e. The number of thioether (sulfide) groups is 1. The second-order valence-electron chi connectivity index (χ2n) is 4.21. The lowest BCUT2D eigenvalue weighted by Gasteiger charge is -2.20. The normalized spacial score (nSPS) is 11.9. The van der Waals surface area contributed by atoms with Crippen LogP contribution in [0.2, 0.25) is 0 Å². The first-order chi connectivity index (χ1) is 8.97. The van der Waals surface area contributed by atoms with Gasteiger partial charge in [-0.25, -0.2) is 4.98 Å². The summed E-state index contributed by atoms with van der Waals surface area (Å²) in [5, 5.41) is 8.86. The van der Waals surface area contributed by atoms with Crippen molar-refractivity contribution in [3.05, 3.63) is 24.0 Å². The molecule has 0 aromatic carbocycles. The van der Waals surface area contributed by atoms with Gasteiger partial charge in [0, 0.05) is 24.7 Å². The Kier molecular flexibility index (Phi) is 5.82. The van der Waals surface area contributed by atoms with Crippen LogP contribution in [0, 0.1) is 5.92 Å². The van der Waals surface area contributed by atoms with Gasteiger partial charge in [0.2, 0.25) is 0 Å². The first kappa shape index (κ1) is 15.5. The minimum atomic E-state index is -0.913. The third-order valence-electron chi connectivity index (χ3n) is 2.59. The number of carboxylic acid groups (broad SMARTS) is 1. The summed E-state index contributed by atoms with van der Waals surface area (Å²) in [6.07, 6.45) is 1.57. The van der Waals surface area contributed by atoms with Crippen LogP contribution in [0.1, 0.15) is 24.3 Å². The van der Waals surface area contributed by atoms with Crippen molar-refractivity contribution in [1.29, 1.82) is 0 Å². The Balaban J connectivity index is 2.85. The summed E-state index contributed by atoms with van der Waals surface area (Å²) < 4.78 is 0. The summed E-state index contributed by atoms with van der Waals surface area (Å²) >= 11 is 1.55. The van der Waals surface area contributed by atoms with Gasteiger partial charge in [0.25, 0.3) is 5.91 Å². The predicted octanol–water partition coefficient (Wildman–Crippen LogP) is 1.99. The summed E-state index contributed by atoms with van der Waals surface area (Å²) in [5.41, 5.74) is 0.384. The second kappa shape index (κ2) is 7.13. The summed E-state index contributed by atoms with van der Waals surface area (Å²) in [6, 6.07) is 3.64. The molecule has 0 aliphatic carbocycles. The monoisotopic (exact) mass is 282 g/mol. The van der Waals surface area contributed by atoms with Crippen molar-refractivity contribution in [1.82, 2.24) is 9.88 Å². The summed E-state index contributed by atoms with van der Waals surface area (Å²) in [7, 11) is 1.59. The van der Waals surface area contributed by atoms with E-state index in [2.05, 4.69) is 4.98 Å². The zero-order valence-corrected chi connectivity index (χ0v) is 12.1. The topological polar surface area (TPSA) is 70.5 Å². The third-order valence-corrected chi connectivity index (χ3v) is 3.52. The van der Waals surface area contributed by atoms with E-state index in [4.69, 9.17) is 5.11 Å². The van der Waals surface area contributed by atoms with Crippen LogP contribution in [-0.2, 0) is 4.79 Å². The molecule has 1 aromatic heterocycles. The standard InChI is InChI=1S/C13H18N2O3S/c1-4-19-10-6-5-7-14-11(10)12(16)15(3)8-9(2)13(17)18/h5-7,9H,4,8H2,1-3H3,(H,17,18). The van der Waals surface area contributed by atoms with E-state index < -0.39 is 11.9 Å². The highest BCUT2D eigenvalue weighted by molar-refractivity contribution is 7.99. The van der Waals surface area contributed by atoms with E-state index in [0.29, 0.717) is 5.69 Å². The molecule has 1 rings (SSSR count). The van der Waals surface area contributed by atoms with E-state index in [1.807, 2.05) is 13.0 Å². The third kappa shape index (κ3) is 4.24. The van der Waals surface area contributed by atoms with Gasteiger partial charge in [-0.3, -0.25) is 9.59 Å². The van der Waals surface area contributed by atoms with Gasteiger partial charge >= 0.3 is 5.97 Å². The van der Waals surface area contributed by atoms with E-state index in [1.165, 1.54) is 4.90 Å². The molecule has 1 unspecified atom stereocenters. The number of aliphatic carboxylic acids is 1. The molecule has 0 aliphatic heterocycles. The van der Waals surface area contributed by atoms with Crippen molar-refractivity contribution in [3.63, 3.8) is 0 Å². The molecule has 5 nitrogen and oxygen atoms in total. The molecule has 0 spiro atoms. The first-order valence-corrected chi connectivity index (χ1v) is 7.02. The fourth-order valence-electron chi connectivity index (χ4n) is 1.58. The van der Waals surface area contributed by atoms with Crippen molar-refractivity contribution in [3.8, 4) is 0 Å². The summed E-state index contributed by atoms with van der Waals surface area (Å²) in [6.45, 7) is 3.75. The van der Waals surface area contributed by atoms with Crippen molar-refractivity contribution < 1.29 is 14.7 Å². The molecular weight excluding hydrogens is 264 g/mol. The van der Waals surface area contributed by atoms with Crippen LogP contribution < -0.4 is 0 Å². The van der Waals surface area contributed by atoms with E-state index in [-0.39, 0.29) is 12.5 Å². The summed E-state index contributed by atoms with van der Waals surface area (Å²) in [4.78, 5) is 29.4. The zero-order valence-electron chi connectivity index (χ0n) is 11.3. The molecule has 0 fully saturated rings. The Morgan fingerprint density at radius 2 is 2.21 bits per heavy atom. The predicted molar refractivity (Wildman–Crippen MR) is 74.4 cm³/mol. The maximum atomic E-state index is 12.3. The van der Waals surface area contributed by atoms with Crippen LogP contribution in [-0.4, -0.2) is 46.2 Å². The van der Waals surface area contributed by atoms with Crippen molar-refractivity contribution in [2.45, 2.75) is 18.7 Å². The van der Waals surface area contributed by atoms with Gasteiger partial charge in [-0.2, -0.15) is 0 Å². The molecule has 104 valence electrons. The molecule has 6 heteroatoms. The molecular formula is C13H18N2O3S. The largest absolute Gasteiger partial charge is 0.481 e. The van der Waals surface area contributed by atoms with Gasteiger partial charge in [-0.05, 0) is 17.9 Å². The van der Waals surface area contributed by atoms with Crippen LogP contribution in [0.5, 0.6) is 0 Å². The smallest absolute Gasteiger partial charge is 0.308 e. The average Bonchev–Trinajstić information content (AvgIpc) is 2.38. The number of hydrogen-bond acceptors (Lipinski definition) is 4. The number of aromatic nitrogens is 1. The molecule has 0 saturated carbocycles. The molecule has 0 aliphatic rings. The maximum Gasteiger partial charge on any atom is 0.308 e. The zero-order chi connectivity index (χ0) is 14.4. The molecule has 0 saturated heterocycles. The van der Waals surface area contributed by atoms with E-state index >= 15 is 0 Å². The number of rotatable bonds is 6. The Labute approximate surface area is 117 Å². The molecule has 19 heavy (non-hydrogen) atoms. The number of amides is 1. The highest BCUT2D eigenvalue weighted by atomic mass is 32.2. The summed E-state index contributed by atoms with van der Waals surface area (Å²) in [5.74, 6) is -0.908.